The van der Waals surface area contributed by atoms with Gasteiger partial charge in [-0.15, -0.1) is 11.3 Å². The number of alkyl halides is 3. The van der Waals surface area contributed by atoms with Gasteiger partial charge in [0.05, 0.1) is 6.54 Å². The van der Waals surface area contributed by atoms with Crippen LogP contribution in [0.1, 0.15) is 43.3 Å². The molecule has 0 fully saturated rings. The molecule has 2 rings (SSSR count). The third-order valence-corrected chi connectivity index (χ3v) is 4.45. The summed E-state index contributed by atoms with van der Waals surface area (Å²) in [5, 5.41) is 6.03. The fraction of sp³-hybridized carbons (Fsp3) is 0.538. The van der Waals surface area contributed by atoms with Crippen molar-refractivity contribution in [3.8, 4) is 0 Å². The number of amides is 1. The van der Waals surface area contributed by atoms with Crippen molar-refractivity contribution < 1.29 is 18.0 Å². The van der Waals surface area contributed by atoms with Gasteiger partial charge >= 0.3 is 12.1 Å². The molecular weight excluding hydrogens is 367 g/mol. The van der Waals surface area contributed by atoms with Gasteiger partial charge < -0.3 is 0 Å². The maximum absolute atomic E-state index is 12.5. The highest BCUT2D eigenvalue weighted by atomic mass is 35.5. The zero-order chi connectivity index (χ0) is 17.9. The Hall–Kier alpha value is -1.68. The second-order valence-corrected chi connectivity index (χ2v) is 6.69. The first-order valence-electron chi connectivity index (χ1n) is 7.17. The van der Waals surface area contributed by atoms with E-state index < -0.39 is 12.1 Å². The van der Waals surface area contributed by atoms with E-state index in [1.165, 1.54) is 22.2 Å². The van der Waals surface area contributed by atoms with Crippen molar-refractivity contribution in [3.63, 3.8) is 0 Å². The lowest BCUT2D eigenvalue weighted by Gasteiger charge is -2.08. The molecule has 24 heavy (non-hydrogen) atoms. The van der Waals surface area contributed by atoms with E-state index in [4.69, 9.17) is 11.6 Å². The van der Waals surface area contributed by atoms with Crippen molar-refractivity contribution in [1.82, 2.24) is 19.7 Å². The third kappa shape index (κ3) is 4.44. The van der Waals surface area contributed by atoms with Crippen LogP contribution in [0.2, 0.25) is 4.47 Å². The summed E-state index contributed by atoms with van der Waals surface area (Å²) in [5.41, 5.74) is 0. The van der Waals surface area contributed by atoms with Crippen LogP contribution in [0.25, 0.3) is 0 Å². The van der Waals surface area contributed by atoms with Crippen molar-refractivity contribution in [3.05, 3.63) is 21.4 Å². The Bertz CT molecular complexity index is 711. The molecule has 0 saturated carbocycles. The van der Waals surface area contributed by atoms with E-state index in [1.807, 2.05) is 13.8 Å². The van der Waals surface area contributed by atoms with E-state index in [0.717, 1.165) is 12.8 Å². The highest BCUT2D eigenvalue weighted by molar-refractivity contribution is 7.15. The second kappa shape index (κ2) is 7.47. The Morgan fingerprint density at radius 2 is 2.08 bits per heavy atom. The average molecular weight is 382 g/mol. The van der Waals surface area contributed by atoms with Crippen molar-refractivity contribution in [2.75, 3.05) is 5.32 Å². The first-order chi connectivity index (χ1) is 11.2. The number of anilines is 1. The molecule has 0 aliphatic carbocycles. The molecule has 0 bridgehead atoms. The number of halogens is 4. The fourth-order valence-corrected chi connectivity index (χ4v) is 3.03. The minimum absolute atomic E-state index is 0.00200. The van der Waals surface area contributed by atoms with Crippen LogP contribution in [-0.4, -0.2) is 31.8 Å². The van der Waals surface area contributed by atoms with E-state index in [2.05, 4.69) is 15.1 Å². The molecule has 1 N–H and O–H groups in total. The van der Waals surface area contributed by atoms with Crippen LogP contribution < -0.4 is 5.32 Å². The van der Waals surface area contributed by atoms with Crippen molar-refractivity contribution in [1.29, 1.82) is 0 Å². The lowest BCUT2D eigenvalue weighted by molar-refractivity contribution is -0.167. The fourth-order valence-electron chi connectivity index (χ4n) is 2.07. The lowest BCUT2D eigenvalue weighted by Crippen LogP contribution is -2.31. The maximum atomic E-state index is 12.5. The quantitative estimate of drug-likeness (QED) is 0.825. The number of hydrogen-bond donors (Lipinski definition) is 1. The number of aromatic nitrogens is 4. The molecule has 2 heterocycles. The number of carbonyl (C=O) groups excluding carboxylic acids is 1. The molecule has 0 aliphatic heterocycles. The van der Waals surface area contributed by atoms with Crippen LogP contribution in [0.4, 0.5) is 19.1 Å². The normalized spacial score (nSPS) is 12.0. The zero-order valence-electron chi connectivity index (χ0n) is 12.9. The van der Waals surface area contributed by atoms with Crippen molar-refractivity contribution in [2.24, 2.45) is 0 Å². The van der Waals surface area contributed by atoms with Gasteiger partial charge in [-0.3, -0.25) is 10.1 Å². The largest absolute Gasteiger partial charge is 0.471 e. The predicted octanol–water partition coefficient (Wildman–Crippen LogP) is 3.84. The number of nitrogens with one attached hydrogen (secondary N) is 1. The average Bonchev–Trinajstić information content (AvgIpc) is 3.07. The van der Waals surface area contributed by atoms with Gasteiger partial charge in [-0.05, 0) is 12.8 Å². The van der Waals surface area contributed by atoms with Gasteiger partial charge in [0, 0.05) is 17.0 Å². The zero-order valence-corrected chi connectivity index (χ0v) is 14.5. The molecule has 2 aromatic heterocycles. The van der Waals surface area contributed by atoms with E-state index in [0.29, 0.717) is 15.2 Å². The molecule has 1 amide bonds. The Morgan fingerprint density at radius 1 is 1.42 bits per heavy atom. The van der Waals surface area contributed by atoms with E-state index in [1.54, 1.807) is 5.32 Å². The Labute approximate surface area is 145 Å². The molecule has 0 radical (unpaired) electrons. The van der Waals surface area contributed by atoms with Crippen LogP contribution in [0.3, 0.4) is 0 Å². The topological polar surface area (TPSA) is 72.7 Å². The molecule has 11 heteroatoms. The van der Waals surface area contributed by atoms with E-state index in [9.17, 15) is 18.0 Å². The summed E-state index contributed by atoms with van der Waals surface area (Å²) >= 11 is 6.93. The predicted molar refractivity (Wildman–Crippen MR) is 84.3 cm³/mol. The van der Waals surface area contributed by atoms with E-state index >= 15 is 0 Å². The molecule has 2 aromatic rings. The van der Waals surface area contributed by atoms with Crippen molar-refractivity contribution >= 4 is 34.8 Å². The summed E-state index contributed by atoms with van der Waals surface area (Å²) in [7, 11) is 0. The van der Waals surface area contributed by atoms with Crippen LogP contribution in [0, 0.1) is 0 Å². The molecule has 0 unspecified atom stereocenters. The third-order valence-electron chi connectivity index (χ3n) is 3.35. The molecule has 132 valence electrons. The van der Waals surface area contributed by atoms with Crippen molar-refractivity contribution in [2.45, 2.75) is 45.3 Å². The number of thiazole rings is 1. The Kier molecular flexibility index (Phi) is 5.81. The highest BCUT2D eigenvalue weighted by Gasteiger charge is 2.39. The van der Waals surface area contributed by atoms with Crippen LogP contribution >= 0.6 is 22.9 Å². The van der Waals surface area contributed by atoms with Gasteiger partial charge in [0.1, 0.15) is 0 Å². The molecule has 6 nitrogen and oxygen atoms in total. The van der Waals surface area contributed by atoms with Gasteiger partial charge in [0.15, 0.2) is 10.3 Å². The first kappa shape index (κ1) is 18.7. The van der Waals surface area contributed by atoms with Crippen LogP contribution in [0.15, 0.2) is 6.20 Å². The monoisotopic (exact) mass is 381 g/mol. The molecule has 0 aliphatic rings. The van der Waals surface area contributed by atoms with E-state index in [-0.39, 0.29) is 18.4 Å². The smallest absolute Gasteiger partial charge is 0.287 e. The number of nitrogens with zero attached hydrogens (tertiary/aromatic N) is 4. The molecular formula is C13H15ClF3N5OS. The standard InChI is InChI=1S/C13H15ClF3N5OS/c1-3-7(4-2)9-19-12(20-10(23)13(15,16)17)22(21-9)6-8-5-18-11(14)24-8/h5,7H,3-4,6H2,1-2H3,(H,19,20,21,23). The molecule has 0 aromatic carbocycles. The molecule has 0 atom stereocenters. The van der Waals surface area contributed by atoms with Gasteiger partial charge in [-0.25, -0.2) is 9.67 Å². The Balaban J connectivity index is 2.32. The van der Waals surface area contributed by atoms with Crippen LogP contribution in [-0.2, 0) is 11.3 Å². The van der Waals surface area contributed by atoms with Crippen LogP contribution in [0.5, 0.6) is 0 Å². The molecule has 0 spiro atoms. The summed E-state index contributed by atoms with van der Waals surface area (Å²) in [6.07, 6.45) is -2.03. The van der Waals surface area contributed by atoms with Gasteiger partial charge in [-0.1, -0.05) is 25.4 Å². The highest BCUT2D eigenvalue weighted by Crippen LogP contribution is 2.25. The minimum atomic E-state index is -5.00. The summed E-state index contributed by atoms with van der Waals surface area (Å²) in [5.74, 6) is -1.94. The Morgan fingerprint density at radius 3 is 2.58 bits per heavy atom. The summed E-state index contributed by atoms with van der Waals surface area (Å²) in [6, 6.07) is 0. The van der Waals surface area contributed by atoms with Gasteiger partial charge in [0.2, 0.25) is 5.95 Å². The van der Waals surface area contributed by atoms with Gasteiger partial charge in [-0.2, -0.15) is 23.3 Å². The molecule has 0 saturated heterocycles. The number of rotatable bonds is 6. The first-order valence-corrected chi connectivity index (χ1v) is 8.37. The van der Waals surface area contributed by atoms with Gasteiger partial charge in [0.25, 0.3) is 0 Å². The summed E-state index contributed by atoms with van der Waals surface area (Å²) < 4.78 is 39.0. The summed E-state index contributed by atoms with van der Waals surface area (Å²) in [6.45, 7) is 3.99. The minimum Gasteiger partial charge on any atom is -0.287 e. The maximum Gasteiger partial charge on any atom is 0.471 e. The SMILES string of the molecule is CCC(CC)c1nc(NC(=O)C(F)(F)F)n(Cc2cnc(Cl)s2)n1. The number of hydrogen-bond acceptors (Lipinski definition) is 5. The number of carbonyl (C=O) groups is 1. The summed E-state index contributed by atoms with van der Waals surface area (Å²) in [4.78, 5) is 19.8. The lowest BCUT2D eigenvalue weighted by atomic mass is 10.0. The second-order valence-electron chi connectivity index (χ2n) is 5.00.